The molecule has 2 fully saturated rings. The number of aromatic nitrogens is 4. The van der Waals surface area contributed by atoms with E-state index in [1.807, 2.05) is 64.1 Å². The van der Waals surface area contributed by atoms with Gasteiger partial charge in [-0.3, -0.25) is 14.7 Å². The Hall–Kier alpha value is -4.37. The van der Waals surface area contributed by atoms with E-state index in [0.717, 1.165) is 65.8 Å². The lowest BCUT2D eigenvalue weighted by Gasteiger charge is -2.28. The quantitative estimate of drug-likeness (QED) is 0.124. The number of rotatable bonds is 12. The fourth-order valence-electron chi connectivity index (χ4n) is 6.70. The van der Waals surface area contributed by atoms with Gasteiger partial charge in [0.2, 0.25) is 0 Å². The Kier molecular flexibility index (Phi) is 11.5. The fourth-order valence-corrected chi connectivity index (χ4v) is 7.46. The van der Waals surface area contributed by atoms with Gasteiger partial charge in [-0.15, -0.1) is 0 Å². The smallest absolute Gasteiger partial charge is 0.408 e. The molecule has 2 aliphatic rings. The van der Waals surface area contributed by atoms with E-state index in [0.29, 0.717) is 51.0 Å². The summed E-state index contributed by atoms with van der Waals surface area (Å²) in [5.41, 5.74) is 3.79. The maximum atomic E-state index is 13.4. The van der Waals surface area contributed by atoms with Gasteiger partial charge in [0.25, 0.3) is 5.91 Å². The van der Waals surface area contributed by atoms with E-state index in [2.05, 4.69) is 60.7 Å². The van der Waals surface area contributed by atoms with Crippen molar-refractivity contribution in [3.8, 4) is 11.3 Å². The molecule has 1 atom stereocenters. The van der Waals surface area contributed by atoms with Crippen molar-refractivity contribution in [1.82, 2.24) is 29.7 Å². The molecule has 4 aromatic rings. The normalized spacial score (nSPS) is 18.4. The highest BCUT2D eigenvalue weighted by Gasteiger charge is 2.36. The summed E-state index contributed by atoms with van der Waals surface area (Å²) >= 11 is 0. The van der Waals surface area contributed by atoms with Gasteiger partial charge in [0, 0.05) is 59.3 Å². The number of fused-ring (bicyclic) bond motifs is 1. The molecule has 2 amide bonds. The second-order valence-corrected chi connectivity index (χ2v) is 22.2. The van der Waals surface area contributed by atoms with Gasteiger partial charge in [-0.25, -0.2) is 14.8 Å². The largest absolute Gasteiger partial charge is 0.444 e. The number of hydrogen-bond donors (Lipinski definition) is 2. The number of pyridine rings is 1. The number of carbonyl (C=O) groups is 2. The van der Waals surface area contributed by atoms with E-state index >= 15 is 0 Å². The Bertz CT molecular complexity index is 1900. The molecule has 0 aliphatic carbocycles. The summed E-state index contributed by atoms with van der Waals surface area (Å²) in [6, 6.07) is 14.8. The number of amides is 2. The second-order valence-electron chi connectivity index (χ2n) is 16.6. The molecule has 53 heavy (non-hydrogen) atoms. The van der Waals surface area contributed by atoms with Crippen LogP contribution in [0.5, 0.6) is 0 Å². The van der Waals surface area contributed by atoms with Gasteiger partial charge in [0.15, 0.2) is 0 Å². The van der Waals surface area contributed by atoms with Crippen molar-refractivity contribution in [2.75, 3.05) is 56.2 Å². The Labute approximate surface area is 313 Å². The van der Waals surface area contributed by atoms with E-state index in [1.54, 1.807) is 12.5 Å². The molecule has 3 aromatic heterocycles. The number of benzene rings is 1. The van der Waals surface area contributed by atoms with Gasteiger partial charge in [0.05, 0.1) is 29.8 Å². The van der Waals surface area contributed by atoms with Crippen molar-refractivity contribution < 1.29 is 23.8 Å². The summed E-state index contributed by atoms with van der Waals surface area (Å²) < 4.78 is 19.4. The molecule has 0 bridgehead atoms. The molecule has 2 saturated heterocycles. The maximum absolute atomic E-state index is 13.4. The van der Waals surface area contributed by atoms with E-state index < -0.39 is 25.3 Å². The minimum atomic E-state index is -1.25. The van der Waals surface area contributed by atoms with Crippen LogP contribution in [0.15, 0.2) is 55.0 Å². The predicted octanol–water partition coefficient (Wildman–Crippen LogP) is 6.38. The van der Waals surface area contributed by atoms with Crippen LogP contribution in [-0.4, -0.2) is 102 Å². The highest BCUT2D eigenvalue weighted by molar-refractivity contribution is 6.76. The first-order chi connectivity index (χ1) is 25.1. The number of likely N-dealkylation sites (tertiary alicyclic amines) is 1. The molecule has 0 radical (unpaired) electrons. The molecule has 0 unspecified atom stereocenters. The minimum absolute atomic E-state index is 0.284. The van der Waals surface area contributed by atoms with Gasteiger partial charge >= 0.3 is 6.09 Å². The van der Waals surface area contributed by atoms with E-state index in [4.69, 9.17) is 19.2 Å². The topological polar surface area (TPSA) is 136 Å². The monoisotopic (exact) mass is 742 g/mol. The molecule has 14 heteroatoms. The van der Waals surface area contributed by atoms with Crippen LogP contribution in [0.25, 0.3) is 22.3 Å². The van der Waals surface area contributed by atoms with E-state index in [1.165, 1.54) is 0 Å². The lowest BCUT2D eigenvalue weighted by Crippen LogP contribution is -2.49. The van der Waals surface area contributed by atoms with Gasteiger partial charge < -0.3 is 34.3 Å². The first-order valence-electron chi connectivity index (χ1n) is 18.5. The summed E-state index contributed by atoms with van der Waals surface area (Å²) in [5.74, 6) is 0.614. The van der Waals surface area contributed by atoms with Crippen molar-refractivity contribution >= 4 is 42.6 Å². The van der Waals surface area contributed by atoms with Crippen LogP contribution < -0.4 is 15.5 Å². The molecule has 0 saturated carbocycles. The van der Waals surface area contributed by atoms with Gasteiger partial charge in [-0.05, 0) is 81.6 Å². The van der Waals surface area contributed by atoms with Crippen LogP contribution in [-0.2, 0) is 27.5 Å². The number of alkyl carbamates (subject to hydrolysis) is 1. The zero-order chi connectivity index (χ0) is 37.8. The molecular formula is C39H54N8O5Si. The van der Waals surface area contributed by atoms with Crippen molar-refractivity contribution in [2.45, 2.75) is 84.2 Å². The van der Waals surface area contributed by atoms with E-state index in [-0.39, 0.29) is 5.91 Å². The first-order valence-corrected chi connectivity index (χ1v) is 22.2. The number of hydrogen-bond acceptors (Lipinski definition) is 10. The number of nitrogens with zero attached hydrogens (tertiary/aromatic N) is 6. The van der Waals surface area contributed by atoms with Crippen LogP contribution in [0, 0.1) is 0 Å². The molecule has 5 heterocycles. The molecule has 1 aromatic carbocycles. The molecule has 2 aliphatic heterocycles. The van der Waals surface area contributed by atoms with Crippen molar-refractivity contribution in [2.24, 2.45) is 0 Å². The summed E-state index contributed by atoms with van der Waals surface area (Å²) in [6.07, 6.45) is 3.69. The third kappa shape index (κ3) is 10.2. The lowest BCUT2D eigenvalue weighted by molar-refractivity contribution is 0.0466. The predicted molar refractivity (Wildman–Crippen MR) is 210 cm³/mol. The number of ether oxygens (including phenoxy) is 3. The lowest BCUT2D eigenvalue weighted by atomic mass is 10.0. The average Bonchev–Trinajstić information content (AvgIpc) is 3.65. The van der Waals surface area contributed by atoms with Crippen molar-refractivity contribution in [1.29, 1.82) is 0 Å². The zero-order valence-corrected chi connectivity index (χ0v) is 33.2. The van der Waals surface area contributed by atoms with Gasteiger partial charge in [-0.2, -0.15) is 0 Å². The number of anilines is 2. The Balaban J connectivity index is 1.13. The number of carbonyl (C=O) groups excluding carboxylic acids is 2. The molecule has 6 rings (SSSR count). The highest BCUT2D eigenvalue weighted by atomic mass is 28.3. The Morgan fingerprint density at radius 1 is 1.00 bits per heavy atom. The molecular weight excluding hydrogens is 689 g/mol. The summed E-state index contributed by atoms with van der Waals surface area (Å²) in [6.45, 7) is 20.7. The van der Waals surface area contributed by atoms with E-state index in [9.17, 15) is 9.59 Å². The zero-order valence-electron chi connectivity index (χ0n) is 32.2. The maximum Gasteiger partial charge on any atom is 0.408 e. The van der Waals surface area contributed by atoms with Crippen molar-refractivity contribution in [3.63, 3.8) is 0 Å². The Morgan fingerprint density at radius 2 is 1.75 bits per heavy atom. The van der Waals surface area contributed by atoms with Crippen LogP contribution in [0.3, 0.4) is 0 Å². The summed E-state index contributed by atoms with van der Waals surface area (Å²) in [4.78, 5) is 44.1. The SMILES string of the molecule is CC(C)(C)OC(=O)N[C@]1(C)CCN(Cc2ccnc(C(=O)Nc3ccc(-c4cc5c(N6CCOCC6)ncnc5n4COCC[Si](C)(C)C)cc3)c2)C1. The van der Waals surface area contributed by atoms with Crippen LogP contribution >= 0.6 is 0 Å². The van der Waals surface area contributed by atoms with Crippen LogP contribution in [0.2, 0.25) is 25.7 Å². The van der Waals surface area contributed by atoms with Crippen LogP contribution in [0.4, 0.5) is 16.3 Å². The molecule has 0 spiro atoms. The first kappa shape index (κ1) is 38.4. The molecule has 284 valence electrons. The number of nitrogens with one attached hydrogen (secondary N) is 2. The minimum Gasteiger partial charge on any atom is -0.444 e. The average molecular weight is 743 g/mol. The third-order valence-corrected chi connectivity index (χ3v) is 11.2. The molecule has 2 N–H and O–H groups in total. The molecule has 13 nitrogen and oxygen atoms in total. The second kappa shape index (κ2) is 15.9. The fraction of sp³-hybridized carbons (Fsp3) is 0.513. The Morgan fingerprint density at radius 3 is 2.47 bits per heavy atom. The summed E-state index contributed by atoms with van der Waals surface area (Å²) in [7, 11) is -1.25. The van der Waals surface area contributed by atoms with Gasteiger partial charge in [0.1, 0.15) is 35.8 Å². The highest BCUT2D eigenvalue weighted by Crippen LogP contribution is 2.33. The number of morpholine rings is 1. The van der Waals surface area contributed by atoms with Crippen molar-refractivity contribution in [3.05, 3.63) is 66.2 Å². The summed E-state index contributed by atoms with van der Waals surface area (Å²) in [5, 5.41) is 7.03. The van der Waals surface area contributed by atoms with Gasteiger partial charge in [-0.1, -0.05) is 31.8 Å². The third-order valence-electron chi connectivity index (χ3n) is 9.45. The standard InChI is InChI=1S/C39H54N8O5Si/c1-38(2,3)52-37(49)44-39(4)13-15-45(25-39)24-28-12-14-40-32(22-28)36(48)43-30-10-8-29(9-11-30)33-23-31-34(46-16-18-50-19-17-46)41-26-42-35(31)47(33)27-51-20-21-53(5,6)7/h8-12,14,22-23,26H,13,15-21,24-25,27H2,1-7H3,(H,43,48)(H,44,49)/t39-/m1/s1. The van der Waals surface area contributed by atoms with Crippen LogP contribution in [0.1, 0.15) is 50.2 Å².